The first-order valence-corrected chi connectivity index (χ1v) is 6.99. The molecule has 0 saturated heterocycles. The van der Waals surface area contributed by atoms with Crippen LogP contribution < -0.4 is 5.32 Å². The molecule has 7 heteroatoms. The van der Waals surface area contributed by atoms with Gasteiger partial charge in [0, 0.05) is 18.1 Å². The summed E-state index contributed by atoms with van der Waals surface area (Å²) < 4.78 is 0. The smallest absolute Gasteiger partial charge is 0.238 e. The summed E-state index contributed by atoms with van der Waals surface area (Å²) in [6.45, 7) is 4.53. The number of carbonyl (C=O) groups excluding carboxylic acids is 1. The third kappa shape index (κ3) is 5.31. The fourth-order valence-electron chi connectivity index (χ4n) is 1.60. The van der Waals surface area contributed by atoms with Crippen molar-refractivity contribution >= 4 is 46.4 Å². The summed E-state index contributed by atoms with van der Waals surface area (Å²) in [5, 5.41) is 12.5. The first kappa shape index (κ1) is 17.3. The molecule has 0 saturated carbocycles. The predicted molar refractivity (Wildman–Crippen MR) is 83.8 cm³/mol. The number of halogens is 3. The second-order valence-corrected chi connectivity index (χ2v) is 5.29. The Morgan fingerprint density at radius 1 is 1.35 bits per heavy atom. The number of nitrogens with one attached hydrogen (secondary N) is 1. The van der Waals surface area contributed by atoms with Gasteiger partial charge in [-0.05, 0) is 12.1 Å². The number of hydrogen-bond donors (Lipinski definition) is 2. The molecule has 0 fully saturated rings. The maximum Gasteiger partial charge on any atom is 0.238 e. The van der Waals surface area contributed by atoms with Crippen LogP contribution >= 0.6 is 34.8 Å². The molecule has 0 bridgehead atoms. The first-order valence-electron chi connectivity index (χ1n) is 5.86. The fourth-order valence-corrected chi connectivity index (χ4v) is 2.51. The van der Waals surface area contributed by atoms with Crippen LogP contribution in [-0.4, -0.2) is 42.2 Å². The second kappa shape index (κ2) is 8.49. The van der Waals surface area contributed by atoms with Crippen molar-refractivity contribution in [2.24, 2.45) is 0 Å². The minimum atomic E-state index is -0.286. The molecule has 0 radical (unpaired) electrons. The molecule has 0 spiro atoms. The Kier molecular flexibility index (Phi) is 7.34. The zero-order valence-electron chi connectivity index (χ0n) is 10.7. The number of benzene rings is 1. The lowest BCUT2D eigenvalue weighted by atomic mass is 10.3. The number of nitrogens with zero attached hydrogens (tertiary/aromatic N) is 1. The molecule has 110 valence electrons. The van der Waals surface area contributed by atoms with Gasteiger partial charge in [0.05, 0.1) is 28.9 Å². The summed E-state index contributed by atoms with van der Waals surface area (Å²) in [7, 11) is 0. The highest BCUT2D eigenvalue weighted by Crippen LogP contribution is 2.33. The fraction of sp³-hybridized carbons (Fsp3) is 0.308. The summed E-state index contributed by atoms with van der Waals surface area (Å²) in [6, 6.07) is 3.00. The molecule has 4 nitrogen and oxygen atoms in total. The van der Waals surface area contributed by atoms with E-state index in [0.29, 0.717) is 23.8 Å². The Bertz CT molecular complexity index is 471. The minimum absolute atomic E-state index is 0.0381. The lowest BCUT2D eigenvalue weighted by molar-refractivity contribution is -0.117. The van der Waals surface area contributed by atoms with Crippen LogP contribution in [0.5, 0.6) is 0 Å². The molecule has 0 atom stereocenters. The van der Waals surface area contributed by atoms with E-state index in [0.717, 1.165) is 0 Å². The van der Waals surface area contributed by atoms with Crippen molar-refractivity contribution in [2.75, 3.05) is 31.6 Å². The number of aliphatic hydroxyl groups is 1. The summed E-state index contributed by atoms with van der Waals surface area (Å²) in [5.74, 6) is -0.286. The van der Waals surface area contributed by atoms with Crippen molar-refractivity contribution in [2.45, 2.75) is 0 Å². The van der Waals surface area contributed by atoms with Crippen LogP contribution in [0.25, 0.3) is 0 Å². The van der Waals surface area contributed by atoms with Crippen LogP contribution in [-0.2, 0) is 4.79 Å². The van der Waals surface area contributed by atoms with Gasteiger partial charge in [-0.1, -0.05) is 40.9 Å². The Hall–Kier alpha value is -0.780. The van der Waals surface area contributed by atoms with Gasteiger partial charge in [-0.15, -0.1) is 6.58 Å². The van der Waals surface area contributed by atoms with E-state index in [1.54, 1.807) is 11.0 Å². The maximum atomic E-state index is 11.9. The molecule has 20 heavy (non-hydrogen) atoms. The van der Waals surface area contributed by atoms with Crippen LogP contribution in [0.1, 0.15) is 0 Å². The van der Waals surface area contributed by atoms with Crippen LogP contribution in [0.15, 0.2) is 24.8 Å². The molecule has 0 aliphatic heterocycles. The number of rotatable bonds is 7. The van der Waals surface area contributed by atoms with Gasteiger partial charge in [-0.25, -0.2) is 0 Å². The first-order chi connectivity index (χ1) is 9.47. The zero-order chi connectivity index (χ0) is 15.1. The summed E-state index contributed by atoms with van der Waals surface area (Å²) >= 11 is 17.8. The highest BCUT2D eigenvalue weighted by atomic mass is 35.5. The second-order valence-electron chi connectivity index (χ2n) is 4.04. The van der Waals surface area contributed by atoms with E-state index in [1.807, 2.05) is 0 Å². The molecule has 0 aliphatic carbocycles. The third-order valence-electron chi connectivity index (χ3n) is 2.44. The van der Waals surface area contributed by atoms with E-state index in [2.05, 4.69) is 11.9 Å². The Labute approximate surface area is 132 Å². The molecule has 1 amide bonds. The molecule has 1 aromatic carbocycles. The third-order valence-corrected chi connectivity index (χ3v) is 3.26. The normalized spacial score (nSPS) is 10.7. The minimum Gasteiger partial charge on any atom is -0.395 e. The van der Waals surface area contributed by atoms with Crippen molar-refractivity contribution in [3.05, 3.63) is 39.9 Å². The van der Waals surface area contributed by atoms with E-state index in [4.69, 9.17) is 39.9 Å². The van der Waals surface area contributed by atoms with Gasteiger partial charge in [-0.3, -0.25) is 9.69 Å². The van der Waals surface area contributed by atoms with Crippen LogP contribution in [0.3, 0.4) is 0 Å². The van der Waals surface area contributed by atoms with Crippen molar-refractivity contribution in [3.8, 4) is 0 Å². The molecule has 1 rings (SSSR count). The molecule has 0 heterocycles. The van der Waals surface area contributed by atoms with Gasteiger partial charge in [0.15, 0.2) is 0 Å². The Morgan fingerprint density at radius 2 is 1.95 bits per heavy atom. The van der Waals surface area contributed by atoms with Gasteiger partial charge in [0.1, 0.15) is 0 Å². The predicted octanol–water partition coefficient (Wildman–Crippen LogP) is 3.07. The SMILES string of the molecule is C=CCN(CCO)CC(=O)Nc1c(Cl)cc(Cl)cc1Cl. The Morgan fingerprint density at radius 3 is 2.45 bits per heavy atom. The number of anilines is 1. The van der Waals surface area contributed by atoms with Gasteiger partial charge >= 0.3 is 0 Å². The standard InChI is InChI=1S/C13H15Cl3N2O2/c1-2-3-18(4-5-19)8-12(20)17-13-10(15)6-9(14)7-11(13)16/h2,6-7,19H,1,3-5,8H2,(H,17,20). The van der Waals surface area contributed by atoms with Gasteiger partial charge in [0.2, 0.25) is 5.91 Å². The van der Waals surface area contributed by atoms with Crippen LogP contribution in [0.4, 0.5) is 5.69 Å². The van der Waals surface area contributed by atoms with Gasteiger partial charge < -0.3 is 10.4 Å². The summed E-state index contributed by atoms with van der Waals surface area (Å²) in [5.41, 5.74) is 0.324. The van der Waals surface area contributed by atoms with Crippen molar-refractivity contribution in [3.63, 3.8) is 0 Å². The maximum absolute atomic E-state index is 11.9. The van der Waals surface area contributed by atoms with Gasteiger partial charge in [-0.2, -0.15) is 0 Å². The van der Waals surface area contributed by atoms with E-state index in [1.165, 1.54) is 12.1 Å². The van der Waals surface area contributed by atoms with E-state index in [-0.39, 0.29) is 29.1 Å². The van der Waals surface area contributed by atoms with E-state index in [9.17, 15) is 4.79 Å². The van der Waals surface area contributed by atoms with E-state index < -0.39 is 0 Å². The largest absolute Gasteiger partial charge is 0.395 e. The molecule has 1 aromatic rings. The Balaban J connectivity index is 2.73. The number of carbonyl (C=O) groups is 1. The quantitative estimate of drug-likeness (QED) is 0.752. The molecule has 2 N–H and O–H groups in total. The molecular weight excluding hydrogens is 323 g/mol. The lowest BCUT2D eigenvalue weighted by Crippen LogP contribution is -2.35. The van der Waals surface area contributed by atoms with Crippen LogP contribution in [0, 0.1) is 0 Å². The highest BCUT2D eigenvalue weighted by Gasteiger charge is 2.13. The average Bonchev–Trinajstić information content (AvgIpc) is 2.34. The molecule has 0 unspecified atom stereocenters. The summed E-state index contributed by atoms with van der Waals surface area (Å²) in [6.07, 6.45) is 1.66. The van der Waals surface area contributed by atoms with E-state index >= 15 is 0 Å². The molecule has 0 aromatic heterocycles. The van der Waals surface area contributed by atoms with Crippen molar-refractivity contribution in [1.29, 1.82) is 0 Å². The summed E-state index contributed by atoms with van der Waals surface area (Å²) in [4.78, 5) is 13.7. The highest BCUT2D eigenvalue weighted by molar-refractivity contribution is 6.42. The molecule has 0 aliphatic rings. The monoisotopic (exact) mass is 336 g/mol. The van der Waals surface area contributed by atoms with Gasteiger partial charge in [0.25, 0.3) is 0 Å². The lowest BCUT2D eigenvalue weighted by Gasteiger charge is -2.19. The number of aliphatic hydroxyl groups excluding tert-OH is 1. The molecular formula is C13H15Cl3N2O2. The van der Waals surface area contributed by atoms with Crippen molar-refractivity contribution in [1.82, 2.24) is 4.90 Å². The zero-order valence-corrected chi connectivity index (χ0v) is 13.0. The number of amides is 1. The average molecular weight is 338 g/mol. The number of hydrogen-bond acceptors (Lipinski definition) is 3. The topological polar surface area (TPSA) is 52.6 Å². The van der Waals surface area contributed by atoms with Crippen LogP contribution in [0.2, 0.25) is 15.1 Å². The van der Waals surface area contributed by atoms with Crippen molar-refractivity contribution < 1.29 is 9.90 Å².